The average Bonchev–Trinajstić information content (AvgIpc) is 2.48. The molecule has 2 unspecified atom stereocenters. The van der Waals surface area contributed by atoms with Crippen molar-refractivity contribution in [1.82, 2.24) is 10.3 Å². The predicted molar refractivity (Wildman–Crippen MR) is 80.4 cm³/mol. The van der Waals surface area contributed by atoms with E-state index in [9.17, 15) is 0 Å². The lowest BCUT2D eigenvalue weighted by molar-refractivity contribution is 0.333. The molecule has 1 fully saturated rings. The van der Waals surface area contributed by atoms with Crippen molar-refractivity contribution in [3.8, 4) is 0 Å². The Morgan fingerprint density at radius 1 is 1.16 bits per heavy atom. The first-order chi connectivity index (χ1) is 9.40. The maximum absolute atomic E-state index is 4.45. The largest absolute Gasteiger partial charge is 0.314 e. The molecular formula is C17H22N2. The monoisotopic (exact) mass is 254 g/mol. The zero-order valence-corrected chi connectivity index (χ0v) is 11.6. The molecule has 1 aliphatic carbocycles. The van der Waals surface area contributed by atoms with Crippen LogP contribution >= 0.6 is 0 Å². The number of likely N-dealkylation sites (N-methyl/N-ethyl adjacent to an activating group) is 1. The second-order valence-electron chi connectivity index (χ2n) is 5.50. The Morgan fingerprint density at radius 2 is 2.00 bits per heavy atom. The van der Waals surface area contributed by atoms with Crippen LogP contribution in [0.1, 0.15) is 44.1 Å². The highest BCUT2D eigenvalue weighted by Gasteiger charge is 2.27. The summed E-state index contributed by atoms with van der Waals surface area (Å²) >= 11 is 0. The van der Waals surface area contributed by atoms with Crippen LogP contribution in [0.15, 0.2) is 36.7 Å². The van der Waals surface area contributed by atoms with Gasteiger partial charge in [0.05, 0.1) is 0 Å². The van der Waals surface area contributed by atoms with E-state index in [0.717, 1.165) is 6.54 Å². The predicted octanol–water partition coefficient (Wildman–Crippen LogP) is 3.87. The highest BCUT2D eigenvalue weighted by atomic mass is 14.9. The number of rotatable bonds is 3. The molecule has 1 aliphatic rings. The van der Waals surface area contributed by atoms with Gasteiger partial charge in [0, 0.05) is 29.7 Å². The number of fused-ring (bicyclic) bond motifs is 1. The first-order valence-corrected chi connectivity index (χ1v) is 7.46. The third-order valence-electron chi connectivity index (χ3n) is 4.33. The van der Waals surface area contributed by atoms with Crippen molar-refractivity contribution in [1.29, 1.82) is 0 Å². The molecule has 1 N–H and O–H groups in total. The summed E-state index contributed by atoms with van der Waals surface area (Å²) in [6, 6.07) is 9.25. The van der Waals surface area contributed by atoms with E-state index >= 15 is 0 Å². The van der Waals surface area contributed by atoms with E-state index in [4.69, 9.17) is 0 Å². The van der Waals surface area contributed by atoms with Gasteiger partial charge >= 0.3 is 0 Å². The Balaban J connectivity index is 2.02. The zero-order chi connectivity index (χ0) is 13.1. The molecule has 0 spiro atoms. The van der Waals surface area contributed by atoms with Crippen LogP contribution in [0.3, 0.4) is 0 Å². The molecule has 1 saturated carbocycles. The van der Waals surface area contributed by atoms with E-state index in [-0.39, 0.29) is 0 Å². The molecule has 3 rings (SSSR count). The summed E-state index contributed by atoms with van der Waals surface area (Å²) < 4.78 is 0. The number of pyridine rings is 1. The highest BCUT2D eigenvalue weighted by molar-refractivity contribution is 5.85. The standard InChI is InChI=1S/C17H22N2/c1-2-19-17-10-6-5-9-15(17)16-12-18-11-13-7-3-4-8-14(13)16/h3-4,7-8,11-12,15,17,19H,2,5-6,9-10H2,1H3. The average molecular weight is 254 g/mol. The summed E-state index contributed by atoms with van der Waals surface area (Å²) in [4.78, 5) is 4.45. The topological polar surface area (TPSA) is 24.9 Å². The first-order valence-electron chi connectivity index (χ1n) is 7.46. The molecule has 100 valence electrons. The van der Waals surface area contributed by atoms with Crippen LogP contribution in [0.5, 0.6) is 0 Å². The molecule has 2 heteroatoms. The minimum atomic E-state index is 0.617. The fourth-order valence-electron chi connectivity index (χ4n) is 3.44. The SMILES string of the molecule is CCNC1CCCCC1c1cncc2ccccc12. The Morgan fingerprint density at radius 3 is 2.89 bits per heavy atom. The molecule has 1 aromatic carbocycles. The molecule has 0 saturated heterocycles. The summed E-state index contributed by atoms with van der Waals surface area (Å²) in [5, 5.41) is 6.32. The van der Waals surface area contributed by atoms with Crippen molar-refractivity contribution >= 4 is 10.8 Å². The Labute approximate surface area is 115 Å². The third kappa shape index (κ3) is 2.50. The molecule has 0 amide bonds. The van der Waals surface area contributed by atoms with Crippen LogP contribution in [0.2, 0.25) is 0 Å². The van der Waals surface area contributed by atoms with Crippen LogP contribution in [0, 0.1) is 0 Å². The molecule has 2 nitrogen and oxygen atoms in total. The minimum Gasteiger partial charge on any atom is -0.314 e. The molecule has 0 bridgehead atoms. The highest BCUT2D eigenvalue weighted by Crippen LogP contribution is 2.36. The van der Waals surface area contributed by atoms with Crippen LogP contribution in [0.25, 0.3) is 10.8 Å². The fraction of sp³-hybridized carbons (Fsp3) is 0.471. The molecule has 0 aliphatic heterocycles. The van der Waals surface area contributed by atoms with E-state index in [1.807, 2.05) is 6.20 Å². The molecule has 1 heterocycles. The lowest BCUT2D eigenvalue weighted by Crippen LogP contribution is -2.37. The van der Waals surface area contributed by atoms with Gasteiger partial charge < -0.3 is 5.32 Å². The van der Waals surface area contributed by atoms with Gasteiger partial charge in [0.25, 0.3) is 0 Å². The van der Waals surface area contributed by atoms with Crippen LogP contribution in [-0.4, -0.2) is 17.6 Å². The number of hydrogen-bond donors (Lipinski definition) is 1. The van der Waals surface area contributed by atoms with Gasteiger partial charge in [0.1, 0.15) is 0 Å². The van der Waals surface area contributed by atoms with Crippen molar-refractivity contribution in [3.63, 3.8) is 0 Å². The first kappa shape index (κ1) is 12.6. The number of nitrogens with one attached hydrogen (secondary N) is 1. The van der Waals surface area contributed by atoms with Crippen molar-refractivity contribution in [2.75, 3.05) is 6.54 Å². The lowest BCUT2D eigenvalue weighted by Gasteiger charge is -2.33. The second-order valence-corrected chi connectivity index (χ2v) is 5.50. The van der Waals surface area contributed by atoms with Crippen LogP contribution in [-0.2, 0) is 0 Å². The van der Waals surface area contributed by atoms with Gasteiger partial charge in [-0.05, 0) is 30.3 Å². The number of nitrogens with zero attached hydrogens (tertiary/aromatic N) is 1. The van der Waals surface area contributed by atoms with E-state index in [0.29, 0.717) is 12.0 Å². The summed E-state index contributed by atoms with van der Waals surface area (Å²) in [5.41, 5.74) is 1.43. The molecule has 2 atom stereocenters. The van der Waals surface area contributed by atoms with Gasteiger partial charge in [-0.3, -0.25) is 4.98 Å². The molecule has 0 radical (unpaired) electrons. The van der Waals surface area contributed by atoms with Crippen molar-refractivity contribution in [3.05, 3.63) is 42.2 Å². The maximum atomic E-state index is 4.45. The van der Waals surface area contributed by atoms with Crippen molar-refractivity contribution in [2.24, 2.45) is 0 Å². The number of aromatic nitrogens is 1. The Kier molecular flexibility index (Phi) is 3.79. The maximum Gasteiger partial charge on any atom is 0.0346 e. The van der Waals surface area contributed by atoms with E-state index in [1.54, 1.807) is 0 Å². The number of benzene rings is 1. The summed E-state index contributed by atoms with van der Waals surface area (Å²) in [6.45, 7) is 3.26. The molecular weight excluding hydrogens is 232 g/mol. The van der Waals surface area contributed by atoms with Gasteiger partial charge in [0.15, 0.2) is 0 Å². The van der Waals surface area contributed by atoms with Crippen molar-refractivity contribution < 1.29 is 0 Å². The zero-order valence-electron chi connectivity index (χ0n) is 11.6. The fourth-order valence-corrected chi connectivity index (χ4v) is 3.44. The van der Waals surface area contributed by atoms with Gasteiger partial charge in [-0.25, -0.2) is 0 Å². The lowest BCUT2D eigenvalue weighted by atomic mass is 9.79. The Hall–Kier alpha value is -1.41. The van der Waals surface area contributed by atoms with E-state index in [1.165, 1.54) is 42.0 Å². The van der Waals surface area contributed by atoms with Crippen LogP contribution in [0.4, 0.5) is 0 Å². The smallest absolute Gasteiger partial charge is 0.0346 e. The normalized spacial score (nSPS) is 23.6. The van der Waals surface area contributed by atoms with E-state index in [2.05, 4.69) is 47.7 Å². The minimum absolute atomic E-state index is 0.617. The van der Waals surface area contributed by atoms with Crippen molar-refractivity contribution in [2.45, 2.75) is 44.6 Å². The van der Waals surface area contributed by atoms with E-state index < -0.39 is 0 Å². The third-order valence-corrected chi connectivity index (χ3v) is 4.33. The molecule has 2 aromatic rings. The molecule has 19 heavy (non-hydrogen) atoms. The summed E-state index contributed by atoms with van der Waals surface area (Å²) in [5.74, 6) is 0.618. The Bertz CT molecular complexity index is 542. The van der Waals surface area contributed by atoms with Crippen LogP contribution < -0.4 is 5.32 Å². The van der Waals surface area contributed by atoms with Gasteiger partial charge in [-0.1, -0.05) is 44.0 Å². The van der Waals surface area contributed by atoms with Gasteiger partial charge in [-0.2, -0.15) is 0 Å². The summed E-state index contributed by atoms with van der Waals surface area (Å²) in [6.07, 6.45) is 9.34. The number of hydrogen-bond acceptors (Lipinski definition) is 2. The van der Waals surface area contributed by atoms with Gasteiger partial charge in [-0.15, -0.1) is 0 Å². The van der Waals surface area contributed by atoms with Gasteiger partial charge in [0.2, 0.25) is 0 Å². The summed E-state index contributed by atoms with van der Waals surface area (Å²) in [7, 11) is 0. The second kappa shape index (κ2) is 5.70. The molecule has 1 aromatic heterocycles. The quantitative estimate of drug-likeness (QED) is 0.899.